The van der Waals surface area contributed by atoms with Crippen LogP contribution in [0.1, 0.15) is 37.7 Å². The van der Waals surface area contributed by atoms with Crippen LogP contribution in [0, 0.1) is 11.7 Å². The standard InChI is InChI=1S/C20H23FN2O/c21-19-9-5-4-8-16(19)14-22-17-10-12-18(13-11-17)23-20(24)15-6-2-1-3-7-15/h4-5,8-13,15,22H,1-3,6-7,14H2,(H,23,24). The van der Waals surface area contributed by atoms with E-state index in [1.807, 2.05) is 30.3 Å². The molecule has 0 atom stereocenters. The molecule has 24 heavy (non-hydrogen) atoms. The van der Waals surface area contributed by atoms with Gasteiger partial charge in [0, 0.05) is 29.4 Å². The summed E-state index contributed by atoms with van der Waals surface area (Å²) >= 11 is 0. The molecule has 0 saturated heterocycles. The van der Waals surface area contributed by atoms with E-state index in [4.69, 9.17) is 0 Å². The molecule has 3 rings (SSSR count). The zero-order valence-electron chi connectivity index (χ0n) is 13.7. The van der Waals surface area contributed by atoms with Crippen LogP contribution in [0.2, 0.25) is 0 Å². The molecule has 3 nitrogen and oxygen atoms in total. The van der Waals surface area contributed by atoms with Crippen LogP contribution in [0.25, 0.3) is 0 Å². The van der Waals surface area contributed by atoms with E-state index in [9.17, 15) is 9.18 Å². The number of hydrogen-bond acceptors (Lipinski definition) is 2. The van der Waals surface area contributed by atoms with Gasteiger partial charge in [0.25, 0.3) is 0 Å². The third kappa shape index (κ3) is 4.34. The number of halogens is 1. The fraction of sp³-hybridized carbons (Fsp3) is 0.350. The van der Waals surface area contributed by atoms with Crippen LogP contribution in [-0.2, 0) is 11.3 Å². The second kappa shape index (κ2) is 7.95. The van der Waals surface area contributed by atoms with Gasteiger partial charge in [-0.3, -0.25) is 4.79 Å². The molecule has 0 unspecified atom stereocenters. The van der Waals surface area contributed by atoms with E-state index in [1.54, 1.807) is 12.1 Å². The summed E-state index contributed by atoms with van der Waals surface area (Å²) in [6.45, 7) is 0.431. The minimum Gasteiger partial charge on any atom is -0.381 e. The second-order valence-electron chi connectivity index (χ2n) is 6.35. The van der Waals surface area contributed by atoms with E-state index < -0.39 is 0 Å². The molecule has 1 saturated carbocycles. The van der Waals surface area contributed by atoms with Crippen LogP contribution in [0.3, 0.4) is 0 Å². The Kier molecular flexibility index (Phi) is 5.47. The number of benzene rings is 2. The average Bonchev–Trinajstić information content (AvgIpc) is 2.63. The largest absolute Gasteiger partial charge is 0.381 e. The van der Waals surface area contributed by atoms with Gasteiger partial charge in [0.05, 0.1) is 0 Å². The highest BCUT2D eigenvalue weighted by molar-refractivity contribution is 5.92. The zero-order valence-corrected chi connectivity index (χ0v) is 13.7. The minimum atomic E-state index is -0.207. The fourth-order valence-electron chi connectivity index (χ4n) is 3.12. The van der Waals surface area contributed by atoms with Gasteiger partial charge in [-0.05, 0) is 43.2 Å². The number of hydrogen-bond donors (Lipinski definition) is 2. The summed E-state index contributed by atoms with van der Waals surface area (Å²) in [5, 5.41) is 6.19. The third-order valence-corrected chi connectivity index (χ3v) is 4.57. The first kappa shape index (κ1) is 16.5. The molecule has 0 aromatic heterocycles. The van der Waals surface area contributed by atoms with Crippen molar-refractivity contribution in [2.24, 2.45) is 5.92 Å². The molecule has 1 aliphatic rings. The van der Waals surface area contributed by atoms with E-state index in [0.29, 0.717) is 12.1 Å². The number of carbonyl (C=O) groups excluding carboxylic acids is 1. The van der Waals surface area contributed by atoms with E-state index in [1.165, 1.54) is 12.5 Å². The molecular weight excluding hydrogens is 303 g/mol. The smallest absolute Gasteiger partial charge is 0.227 e. The van der Waals surface area contributed by atoms with Crippen molar-refractivity contribution in [2.75, 3.05) is 10.6 Å². The first-order valence-corrected chi connectivity index (χ1v) is 8.60. The van der Waals surface area contributed by atoms with Crippen LogP contribution in [0.15, 0.2) is 48.5 Å². The molecule has 0 heterocycles. The maximum Gasteiger partial charge on any atom is 0.227 e. The molecule has 0 spiro atoms. The summed E-state index contributed by atoms with van der Waals surface area (Å²) in [4.78, 5) is 12.2. The third-order valence-electron chi connectivity index (χ3n) is 4.57. The Bertz CT molecular complexity index is 678. The van der Waals surface area contributed by atoms with E-state index in [-0.39, 0.29) is 17.6 Å². The summed E-state index contributed by atoms with van der Waals surface area (Å²) < 4.78 is 13.6. The van der Waals surface area contributed by atoms with Gasteiger partial charge in [-0.1, -0.05) is 37.5 Å². The van der Waals surface area contributed by atoms with Crippen molar-refractivity contribution in [1.82, 2.24) is 0 Å². The highest BCUT2D eigenvalue weighted by atomic mass is 19.1. The molecule has 126 valence electrons. The van der Waals surface area contributed by atoms with Crippen LogP contribution >= 0.6 is 0 Å². The molecule has 0 radical (unpaired) electrons. The summed E-state index contributed by atoms with van der Waals surface area (Å²) in [5.74, 6) is 0.0701. The molecule has 1 fully saturated rings. The molecule has 4 heteroatoms. The van der Waals surface area contributed by atoms with Crippen molar-refractivity contribution in [3.05, 3.63) is 59.9 Å². The SMILES string of the molecule is O=C(Nc1ccc(NCc2ccccc2F)cc1)C1CCCCC1. The Hall–Kier alpha value is -2.36. The van der Waals surface area contributed by atoms with Gasteiger partial charge in [0.15, 0.2) is 0 Å². The quantitative estimate of drug-likeness (QED) is 0.815. The van der Waals surface area contributed by atoms with Gasteiger partial charge in [0.1, 0.15) is 5.82 Å². The molecule has 2 N–H and O–H groups in total. The van der Waals surface area contributed by atoms with E-state index in [2.05, 4.69) is 10.6 Å². The highest BCUT2D eigenvalue weighted by Gasteiger charge is 2.20. The summed E-state index contributed by atoms with van der Waals surface area (Å²) in [5.41, 5.74) is 2.34. The first-order chi connectivity index (χ1) is 11.7. The first-order valence-electron chi connectivity index (χ1n) is 8.60. The monoisotopic (exact) mass is 326 g/mol. The van der Waals surface area contributed by atoms with Gasteiger partial charge in [-0.15, -0.1) is 0 Å². The number of rotatable bonds is 5. The lowest BCUT2D eigenvalue weighted by atomic mass is 9.88. The Labute approximate surface area is 142 Å². The Morgan fingerprint density at radius 2 is 1.62 bits per heavy atom. The Balaban J connectivity index is 1.53. The molecular formula is C20H23FN2O. The molecule has 2 aromatic rings. The van der Waals surface area contributed by atoms with Crippen molar-refractivity contribution in [3.8, 4) is 0 Å². The lowest BCUT2D eigenvalue weighted by molar-refractivity contribution is -0.120. The van der Waals surface area contributed by atoms with Gasteiger partial charge < -0.3 is 10.6 Å². The molecule has 0 aliphatic heterocycles. The van der Waals surface area contributed by atoms with Crippen molar-refractivity contribution < 1.29 is 9.18 Å². The number of anilines is 2. The predicted molar refractivity (Wildman–Crippen MR) is 95.4 cm³/mol. The minimum absolute atomic E-state index is 0.127. The second-order valence-corrected chi connectivity index (χ2v) is 6.35. The fourth-order valence-corrected chi connectivity index (χ4v) is 3.12. The van der Waals surface area contributed by atoms with E-state index in [0.717, 1.165) is 37.1 Å². The summed E-state index contributed by atoms with van der Waals surface area (Å²) in [7, 11) is 0. The lowest BCUT2D eigenvalue weighted by Gasteiger charge is -2.20. The number of nitrogens with one attached hydrogen (secondary N) is 2. The topological polar surface area (TPSA) is 41.1 Å². The maximum absolute atomic E-state index is 13.6. The van der Waals surface area contributed by atoms with Gasteiger partial charge in [0.2, 0.25) is 5.91 Å². The van der Waals surface area contributed by atoms with Crippen molar-refractivity contribution >= 4 is 17.3 Å². The summed E-state index contributed by atoms with van der Waals surface area (Å²) in [6, 6.07) is 14.3. The van der Waals surface area contributed by atoms with Crippen molar-refractivity contribution in [1.29, 1.82) is 0 Å². The molecule has 0 bridgehead atoms. The predicted octanol–water partition coefficient (Wildman–Crippen LogP) is 4.96. The van der Waals surface area contributed by atoms with Crippen LogP contribution in [-0.4, -0.2) is 5.91 Å². The van der Waals surface area contributed by atoms with Crippen LogP contribution in [0.4, 0.5) is 15.8 Å². The maximum atomic E-state index is 13.6. The molecule has 1 aliphatic carbocycles. The summed E-state index contributed by atoms with van der Waals surface area (Å²) in [6.07, 6.45) is 5.53. The van der Waals surface area contributed by atoms with Gasteiger partial charge in [-0.2, -0.15) is 0 Å². The molecule has 2 aromatic carbocycles. The van der Waals surface area contributed by atoms with Crippen LogP contribution < -0.4 is 10.6 Å². The lowest BCUT2D eigenvalue weighted by Crippen LogP contribution is -2.24. The normalized spacial score (nSPS) is 15.0. The van der Waals surface area contributed by atoms with Crippen molar-refractivity contribution in [2.45, 2.75) is 38.6 Å². The number of carbonyl (C=O) groups is 1. The highest BCUT2D eigenvalue weighted by Crippen LogP contribution is 2.25. The Morgan fingerprint density at radius 1 is 0.958 bits per heavy atom. The van der Waals surface area contributed by atoms with Gasteiger partial charge in [-0.25, -0.2) is 4.39 Å². The Morgan fingerprint density at radius 3 is 2.33 bits per heavy atom. The van der Waals surface area contributed by atoms with Gasteiger partial charge >= 0.3 is 0 Å². The number of amides is 1. The van der Waals surface area contributed by atoms with Crippen molar-refractivity contribution in [3.63, 3.8) is 0 Å². The van der Waals surface area contributed by atoms with E-state index >= 15 is 0 Å². The zero-order chi connectivity index (χ0) is 16.8. The average molecular weight is 326 g/mol. The van der Waals surface area contributed by atoms with Crippen LogP contribution in [0.5, 0.6) is 0 Å². The molecule has 1 amide bonds.